The van der Waals surface area contributed by atoms with Crippen LogP contribution in [0.3, 0.4) is 0 Å². The van der Waals surface area contributed by atoms with Gasteiger partial charge in [0.2, 0.25) is 0 Å². The van der Waals surface area contributed by atoms with E-state index in [4.69, 9.17) is 17.0 Å². The van der Waals surface area contributed by atoms with Gasteiger partial charge in [-0.3, -0.25) is 9.98 Å². The summed E-state index contributed by atoms with van der Waals surface area (Å²) >= 11 is 6.74. The smallest absolute Gasteiger partial charge is 0.157 e. The molecule has 108 valence electrons. The maximum atomic E-state index is 13.9. The Morgan fingerprint density at radius 2 is 2.00 bits per heavy atom. The minimum Gasteiger partial charge on any atom is -0.335 e. The molecule has 0 spiro atoms. The molecule has 0 saturated heterocycles. The lowest BCUT2D eigenvalue weighted by molar-refractivity contribution is 0.570. The summed E-state index contributed by atoms with van der Waals surface area (Å²) in [4.78, 5) is 3.70. The monoisotopic (exact) mass is 430 g/mol. The van der Waals surface area contributed by atoms with Crippen LogP contribution in [0, 0.1) is 17.0 Å². The van der Waals surface area contributed by atoms with Crippen molar-refractivity contribution in [3.05, 3.63) is 41.4 Å². The van der Waals surface area contributed by atoms with Crippen LogP contribution in [-0.2, 0) is 0 Å². The fourth-order valence-corrected chi connectivity index (χ4v) is 1.86. The Morgan fingerprint density at radius 3 is 2.45 bits per heavy atom. The van der Waals surface area contributed by atoms with Gasteiger partial charge < -0.3 is 5.32 Å². The zero-order chi connectivity index (χ0) is 14.0. The van der Waals surface area contributed by atoms with E-state index in [0.717, 1.165) is 28.5 Å². The number of thioether (sulfide) groups is 1. The summed E-state index contributed by atoms with van der Waals surface area (Å²) in [6.07, 6.45) is 4.21. The first-order valence-electron chi connectivity index (χ1n) is 5.09. The maximum absolute atomic E-state index is 13.9. The highest BCUT2D eigenvalue weighted by atomic mass is 127. The van der Waals surface area contributed by atoms with Crippen molar-refractivity contribution in [1.82, 2.24) is 9.55 Å². The van der Waals surface area contributed by atoms with Crippen molar-refractivity contribution in [2.75, 3.05) is 11.6 Å². The summed E-state index contributed by atoms with van der Waals surface area (Å²) in [7, 11) is 0. The van der Waals surface area contributed by atoms with Crippen molar-refractivity contribution < 1.29 is 8.78 Å². The summed E-state index contributed by atoms with van der Waals surface area (Å²) in [6.45, 7) is 0. The van der Waals surface area contributed by atoms with Gasteiger partial charge in [0.05, 0.1) is 0 Å². The molecule has 2 rings (SSSR count). The fourth-order valence-electron chi connectivity index (χ4n) is 1.49. The Morgan fingerprint density at radius 1 is 1.40 bits per heavy atom. The van der Waals surface area contributed by atoms with Gasteiger partial charge in [-0.1, -0.05) is 23.4 Å². The molecule has 2 N–H and O–H groups in total. The number of hydrogen-bond acceptors (Lipinski definition) is 3. The predicted molar refractivity (Wildman–Crippen MR) is 88.8 cm³/mol. The normalized spacial score (nSPS) is 10.0. The van der Waals surface area contributed by atoms with E-state index in [2.05, 4.69) is 10.3 Å². The van der Waals surface area contributed by atoms with Gasteiger partial charge >= 0.3 is 0 Å². The first-order valence-corrected chi connectivity index (χ1v) is 6.70. The number of nitrogens with zero attached hydrogens (tertiary/aromatic N) is 2. The summed E-state index contributed by atoms with van der Waals surface area (Å²) in [5.41, 5.74) is -0.0926. The van der Waals surface area contributed by atoms with Crippen LogP contribution < -0.4 is 5.32 Å². The lowest BCUT2D eigenvalue weighted by atomic mass is 10.2. The number of imidazole rings is 1. The molecule has 1 aromatic heterocycles. The largest absolute Gasteiger partial charge is 0.335 e. The molecule has 4 nitrogen and oxygen atoms in total. The molecule has 0 radical (unpaired) electrons. The van der Waals surface area contributed by atoms with Crippen LogP contribution in [0.5, 0.6) is 0 Å². The average molecular weight is 431 g/mol. The molecular formula is C11H10ClF2IN4S. The number of hydrogen-bond donors (Lipinski definition) is 2. The lowest BCUT2D eigenvalue weighted by Crippen LogP contribution is -2.07. The second-order valence-electron chi connectivity index (χ2n) is 3.55. The second-order valence-corrected chi connectivity index (χ2v) is 4.75. The molecule has 0 amide bonds. The van der Waals surface area contributed by atoms with Crippen molar-refractivity contribution in [3.63, 3.8) is 0 Å². The van der Waals surface area contributed by atoms with Gasteiger partial charge in [-0.05, 0) is 18.4 Å². The van der Waals surface area contributed by atoms with Crippen molar-refractivity contribution in [1.29, 1.82) is 5.41 Å². The zero-order valence-electron chi connectivity index (χ0n) is 10.2. The van der Waals surface area contributed by atoms with E-state index in [-0.39, 0.29) is 45.7 Å². The molecule has 0 unspecified atom stereocenters. The van der Waals surface area contributed by atoms with Crippen molar-refractivity contribution in [2.45, 2.75) is 0 Å². The molecule has 2 aromatic rings. The predicted octanol–water partition coefficient (Wildman–Crippen LogP) is 4.13. The number of benzene rings is 1. The molecule has 0 bridgehead atoms. The summed E-state index contributed by atoms with van der Waals surface area (Å²) < 4.78 is 29.0. The third kappa shape index (κ3) is 3.83. The molecule has 9 heteroatoms. The minimum absolute atomic E-state index is 0. The van der Waals surface area contributed by atoms with Crippen molar-refractivity contribution >= 4 is 58.2 Å². The highest BCUT2D eigenvalue weighted by molar-refractivity contribution is 14.0. The van der Waals surface area contributed by atoms with E-state index in [9.17, 15) is 8.78 Å². The minimum atomic E-state index is -0.773. The van der Waals surface area contributed by atoms with Gasteiger partial charge in [0, 0.05) is 11.9 Å². The molecular weight excluding hydrogens is 421 g/mol. The van der Waals surface area contributed by atoms with E-state index >= 15 is 0 Å². The SMILES string of the molecule is CSC(=N)Nc1cc(F)c(-n2cnc(Cl)c2)c(F)c1.I. The summed E-state index contributed by atoms with van der Waals surface area (Å²) in [5.74, 6) is -1.55. The molecule has 0 aliphatic heterocycles. The van der Waals surface area contributed by atoms with Crippen LogP contribution >= 0.6 is 47.3 Å². The summed E-state index contributed by atoms with van der Waals surface area (Å²) in [5, 5.41) is 10.2. The maximum Gasteiger partial charge on any atom is 0.157 e. The second kappa shape index (κ2) is 7.23. The number of amidine groups is 1. The van der Waals surface area contributed by atoms with Gasteiger partial charge in [-0.25, -0.2) is 13.8 Å². The Bertz CT molecular complexity index is 612. The summed E-state index contributed by atoms with van der Waals surface area (Å²) in [6, 6.07) is 2.22. The van der Waals surface area contributed by atoms with Crippen LogP contribution in [0.25, 0.3) is 5.69 Å². The molecule has 20 heavy (non-hydrogen) atoms. The average Bonchev–Trinajstić information content (AvgIpc) is 2.74. The van der Waals surface area contributed by atoms with E-state index in [1.807, 2.05) is 0 Å². The molecule has 0 aliphatic carbocycles. The van der Waals surface area contributed by atoms with Crippen LogP contribution in [0.1, 0.15) is 0 Å². The van der Waals surface area contributed by atoms with Crippen LogP contribution in [0.2, 0.25) is 5.15 Å². The van der Waals surface area contributed by atoms with Gasteiger partial charge in [-0.2, -0.15) is 0 Å². The Labute approximate surface area is 140 Å². The molecule has 0 fully saturated rings. The molecule has 0 atom stereocenters. The Kier molecular flexibility index (Phi) is 6.21. The highest BCUT2D eigenvalue weighted by Gasteiger charge is 2.14. The fraction of sp³-hybridized carbons (Fsp3) is 0.0909. The molecule has 0 saturated carbocycles. The molecule has 1 heterocycles. The number of halogens is 4. The Balaban J connectivity index is 0.00000200. The number of rotatable bonds is 2. The van der Waals surface area contributed by atoms with Gasteiger partial charge in [-0.15, -0.1) is 24.0 Å². The number of aromatic nitrogens is 2. The van der Waals surface area contributed by atoms with Crippen LogP contribution in [0.4, 0.5) is 14.5 Å². The topological polar surface area (TPSA) is 53.7 Å². The van der Waals surface area contributed by atoms with Gasteiger partial charge in [0.25, 0.3) is 0 Å². The van der Waals surface area contributed by atoms with Gasteiger partial charge in [0.1, 0.15) is 17.2 Å². The van der Waals surface area contributed by atoms with Crippen molar-refractivity contribution in [2.24, 2.45) is 0 Å². The van der Waals surface area contributed by atoms with E-state index in [0.29, 0.717) is 0 Å². The van der Waals surface area contributed by atoms with E-state index in [1.165, 1.54) is 12.5 Å². The number of nitrogens with one attached hydrogen (secondary N) is 2. The first-order chi connectivity index (χ1) is 9.01. The van der Waals surface area contributed by atoms with E-state index in [1.54, 1.807) is 6.26 Å². The third-order valence-electron chi connectivity index (χ3n) is 2.29. The highest BCUT2D eigenvalue weighted by Crippen LogP contribution is 2.23. The lowest BCUT2D eigenvalue weighted by Gasteiger charge is -2.10. The zero-order valence-corrected chi connectivity index (χ0v) is 14.1. The van der Waals surface area contributed by atoms with Gasteiger partial charge in [0.15, 0.2) is 16.8 Å². The van der Waals surface area contributed by atoms with E-state index < -0.39 is 11.6 Å². The number of anilines is 1. The molecule has 1 aromatic carbocycles. The standard InChI is InChI=1S/C11H9ClF2N4S.HI/c1-19-11(15)17-6-2-7(13)10(8(14)3-6)18-4-9(12)16-5-18;/h2-5H,1H3,(H2,15,17);1H. The Hall–Kier alpha value is -0.870. The van der Waals surface area contributed by atoms with Crippen molar-refractivity contribution in [3.8, 4) is 5.69 Å². The quantitative estimate of drug-likeness (QED) is 0.428. The molecule has 0 aliphatic rings. The third-order valence-corrected chi connectivity index (χ3v) is 2.99. The van der Waals surface area contributed by atoms with Crippen LogP contribution in [0.15, 0.2) is 24.7 Å². The first kappa shape index (κ1) is 17.2. The van der Waals surface area contributed by atoms with Crippen LogP contribution in [-0.4, -0.2) is 21.0 Å².